The van der Waals surface area contributed by atoms with E-state index in [2.05, 4.69) is 0 Å². The van der Waals surface area contributed by atoms with Gasteiger partial charge in [0.15, 0.2) is 12.2 Å². The Balaban J connectivity index is 1.91. The number of carbonyl (C=O) groups excluding carboxylic acids is 1. The van der Waals surface area contributed by atoms with E-state index in [1.54, 1.807) is 37.5 Å². The number of phenolic OH excluding ortho intramolecular Hbond substituents is 1. The van der Waals surface area contributed by atoms with E-state index in [-0.39, 0.29) is 17.1 Å². The van der Waals surface area contributed by atoms with E-state index < -0.39 is 23.6 Å². The number of aromatic hydroxyl groups is 1. The van der Waals surface area contributed by atoms with Gasteiger partial charge in [-0.1, -0.05) is 23.8 Å². The van der Waals surface area contributed by atoms with Crippen LogP contribution in [0.5, 0.6) is 23.0 Å². The molecule has 2 aliphatic heterocycles. The number of Topliss-reactive ketones (excluding diaryl/α,β-unsaturated/α-hetero) is 1. The van der Waals surface area contributed by atoms with Crippen molar-refractivity contribution in [1.29, 1.82) is 0 Å². The number of fused-ring (bicyclic) bond motifs is 2. The minimum atomic E-state index is -1.46. The molecular formula is C26H28O6. The van der Waals surface area contributed by atoms with Gasteiger partial charge in [-0.15, -0.1) is 0 Å². The number of ketones is 1. The van der Waals surface area contributed by atoms with Gasteiger partial charge < -0.3 is 24.4 Å². The average molecular weight is 437 g/mol. The maximum atomic E-state index is 13.3. The van der Waals surface area contributed by atoms with Crippen molar-refractivity contribution in [3.63, 3.8) is 0 Å². The van der Waals surface area contributed by atoms with Gasteiger partial charge in [0, 0.05) is 5.56 Å². The Morgan fingerprint density at radius 1 is 1.19 bits per heavy atom. The van der Waals surface area contributed by atoms with Crippen molar-refractivity contribution in [2.45, 2.75) is 51.9 Å². The third-order valence-electron chi connectivity index (χ3n) is 5.73. The van der Waals surface area contributed by atoms with Crippen molar-refractivity contribution in [3.8, 4) is 23.0 Å². The summed E-state index contributed by atoms with van der Waals surface area (Å²) in [7, 11) is 1.57. The molecule has 4 rings (SSSR count). The first kappa shape index (κ1) is 22.0. The maximum Gasteiger partial charge on any atom is 0.202 e. The zero-order valence-electron chi connectivity index (χ0n) is 18.9. The molecule has 0 radical (unpaired) electrons. The highest BCUT2D eigenvalue weighted by Gasteiger charge is 2.43. The number of allylic oxidation sites excluding steroid dienone is 2. The van der Waals surface area contributed by atoms with Crippen LogP contribution >= 0.6 is 0 Å². The fourth-order valence-electron chi connectivity index (χ4n) is 3.99. The lowest BCUT2D eigenvalue weighted by atomic mass is 9.87. The fourth-order valence-corrected chi connectivity index (χ4v) is 3.99. The van der Waals surface area contributed by atoms with Crippen LogP contribution in [0, 0.1) is 0 Å². The Morgan fingerprint density at radius 2 is 1.88 bits per heavy atom. The van der Waals surface area contributed by atoms with Gasteiger partial charge in [-0.2, -0.15) is 0 Å². The lowest BCUT2D eigenvalue weighted by Gasteiger charge is -2.35. The molecule has 32 heavy (non-hydrogen) atoms. The molecule has 6 heteroatoms. The van der Waals surface area contributed by atoms with E-state index in [1.807, 2.05) is 39.8 Å². The molecule has 2 aliphatic rings. The Kier molecular flexibility index (Phi) is 5.51. The van der Waals surface area contributed by atoms with Crippen LogP contribution in [0.4, 0.5) is 0 Å². The summed E-state index contributed by atoms with van der Waals surface area (Å²) < 4.78 is 17.7. The second-order valence-corrected chi connectivity index (χ2v) is 8.92. The molecule has 0 bridgehead atoms. The second-order valence-electron chi connectivity index (χ2n) is 8.92. The highest BCUT2D eigenvalue weighted by atomic mass is 16.5. The van der Waals surface area contributed by atoms with Gasteiger partial charge >= 0.3 is 0 Å². The van der Waals surface area contributed by atoms with Crippen LogP contribution in [0.3, 0.4) is 0 Å². The lowest BCUT2D eigenvalue weighted by Crippen LogP contribution is -2.37. The number of aliphatic hydroxyl groups is 1. The van der Waals surface area contributed by atoms with Gasteiger partial charge in [0.05, 0.1) is 12.7 Å². The minimum absolute atomic E-state index is 0.00822. The molecule has 0 saturated heterocycles. The third kappa shape index (κ3) is 3.75. The van der Waals surface area contributed by atoms with Crippen molar-refractivity contribution in [2.75, 3.05) is 7.11 Å². The molecule has 0 amide bonds. The summed E-state index contributed by atoms with van der Waals surface area (Å²) in [5, 5.41) is 21.8. The first-order valence-corrected chi connectivity index (χ1v) is 10.6. The molecule has 2 aromatic carbocycles. The Hall–Kier alpha value is -3.25. The highest BCUT2D eigenvalue weighted by molar-refractivity contribution is 6.07. The van der Waals surface area contributed by atoms with E-state index in [0.717, 1.165) is 5.57 Å². The van der Waals surface area contributed by atoms with Gasteiger partial charge in [0.25, 0.3) is 0 Å². The lowest BCUT2D eigenvalue weighted by molar-refractivity contribution is 0.0204. The summed E-state index contributed by atoms with van der Waals surface area (Å²) in [5.41, 5.74) is 2.23. The predicted molar refractivity (Wildman–Crippen MR) is 122 cm³/mol. The number of phenols is 1. The van der Waals surface area contributed by atoms with Crippen LogP contribution < -0.4 is 14.2 Å². The van der Waals surface area contributed by atoms with Crippen molar-refractivity contribution in [3.05, 3.63) is 64.2 Å². The number of ether oxygens (including phenoxy) is 3. The molecule has 0 aromatic heterocycles. The number of carbonyl (C=O) groups is 1. The van der Waals surface area contributed by atoms with Crippen molar-refractivity contribution >= 4 is 11.9 Å². The topological polar surface area (TPSA) is 85.2 Å². The minimum Gasteiger partial charge on any atom is -0.506 e. The van der Waals surface area contributed by atoms with Gasteiger partial charge in [-0.3, -0.25) is 4.79 Å². The molecule has 0 saturated carbocycles. The van der Waals surface area contributed by atoms with Crippen LogP contribution in [-0.2, 0) is 6.42 Å². The van der Waals surface area contributed by atoms with E-state index >= 15 is 0 Å². The quantitative estimate of drug-likeness (QED) is 0.672. The van der Waals surface area contributed by atoms with Crippen molar-refractivity contribution < 1.29 is 29.2 Å². The summed E-state index contributed by atoms with van der Waals surface area (Å²) in [4.78, 5) is 13.3. The first-order chi connectivity index (χ1) is 15.1. The summed E-state index contributed by atoms with van der Waals surface area (Å²) in [6.45, 7) is 7.81. The summed E-state index contributed by atoms with van der Waals surface area (Å²) in [5.74, 6) is 0.582. The Labute approximate surface area is 187 Å². The number of aliphatic hydroxyl groups excluding tert-OH is 1. The molecule has 2 atom stereocenters. The summed E-state index contributed by atoms with van der Waals surface area (Å²) >= 11 is 0. The van der Waals surface area contributed by atoms with E-state index in [0.29, 0.717) is 34.6 Å². The molecule has 168 valence electrons. The smallest absolute Gasteiger partial charge is 0.202 e. The van der Waals surface area contributed by atoms with Gasteiger partial charge in [-0.25, -0.2) is 0 Å². The number of benzene rings is 2. The van der Waals surface area contributed by atoms with E-state index in [9.17, 15) is 15.0 Å². The third-order valence-corrected chi connectivity index (χ3v) is 5.73. The maximum absolute atomic E-state index is 13.3. The first-order valence-electron chi connectivity index (χ1n) is 10.6. The normalized spacial score (nSPS) is 20.5. The molecule has 0 fully saturated rings. The van der Waals surface area contributed by atoms with Crippen LogP contribution in [0.2, 0.25) is 0 Å². The molecule has 6 nitrogen and oxygen atoms in total. The molecule has 2 heterocycles. The van der Waals surface area contributed by atoms with Crippen LogP contribution in [0.15, 0.2) is 42.0 Å². The molecule has 2 N–H and O–H groups in total. The van der Waals surface area contributed by atoms with Crippen LogP contribution in [0.25, 0.3) is 6.08 Å². The van der Waals surface area contributed by atoms with Gasteiger partial charge in [-0.05, 0) is 64.0 Å². The monoisotopic (exact) mass is 436 g/mol. The van der Waals surface area contributed by atoms with Crippen molar-refractivity contribution in [2.24, 2.45) is 0 Å². The molecule has 0 spiro atoms. The number of hydrogen-bond acceptors (Lipinski definition) is 6. The summed E-state index contributed by atoms with van der Waals surface area (Å²) in [6.07, 6.45) is 3.68. The Bertz CT molecular complexity index is 1120. The van der Waals surface area contributed by atoms with Gasteiger partial charge in [0.2, 0.25) is 5.78 Å². The van der Waals surface area contributed by atoms with Crippen molar-refractivity contribution in [1.82, 2.24) is 0 Å². The SMILES string of the molecule is COc1ccc([C@H]2Oc3c(CC=C(C)C)c4c(c(O)c3C(=O)[C@@H]2O)C=CC(C)(C)O4)cc1. The Morgan fingerprint density at radius 3 is 2.50 bits per heavy atom. The number of methoxy groups -OCH3 is 1. The van der Waals surface area contributed by atoms with E-state index in [1.165, 1.54) is 0 Å². The second kappa shape index (κ2) is 8.02. The summed E-state index contributed by atoms with van der Waals surface area (Å²) in [6, 6.07) is 7.00. The molecule has 0 aliphatic carbocycles. The zero-order valence-corrected chi connectivity index (χ0v) is 18.9. The predicted octanol–water partition coefficient (Wildman–Crippen LogP) is 4.77. The van der Waals surface area contributed by atoms with Crippen LogP contribution in [-0.4, -0.2) is 34.8 Å². The zero-order chi connectivity index (χ0) is 23.2. The standard InChI is InChI=1S/C26H28O6/c1-14(2)6-11-18-24-17(12-13-26(3,4)32-24)20(27)19-21(28)22(29)23(31-25(18)19)15-7-9-16(30-5)10-8-15/h6-10,12-13,22-23,27,29H,11H2,1-5H3/t22-,23+/m0/s1. The largest absolute Gasteiger partial charge is 0.506 e. The van der Waals surface area contributed by atoms with E-state index in [4.69, 9.17) is 14.2 Å². The number of hydrogen-bond donors (Lipinski definition) is 2. The molecule has 0 unspecified atom stereocenters. The van der Waals surface area contributed by atoms with Crippen LogP contribution in [0.1, 0.15) is 60.8 Å². The average Bonchev–Trinajstić information content (AvgIpc) is 2.75. The number of rotatable bonds is 4. The molecule has 2 aromatic rings. The fraction of sp³-hybridized carbons (Fsp3) is 0.346. The molecular weight excluding hydrogens is 408 g/mol. The van der Waals surface area contributed by atoms with Gasteiger partial charge in [0.1, 0.15) is 34.2 Å². The highest BCUT2D eigenvalue weighted by Crippen LogP contribution is 2.51.